The Morgan fingerprint density at radius 2 is 2.32 bits per heavy atom. The van der Waals surface area contributed by atoms with E-state index in [0.717, 1.165) is 5.69 Å². The predicted octanol–water partition coefficient (Wildman–Crippen LogP) is 1.64. The van der Waals surface area contributed by atoms with E-state index in [1.165, 1.54) is 17.5 Å². The fourth-order valence-corrected chi connectivity index (χ4v) is 1.97. The first-order valence-corrected chi connectivity index (χ1v) is 6.32. The molecule has 0 bridgehead atoms. The van der Waals surface area contributed by atoms with Crippen LogP contribution >= 0.6 is 11.3 Å². The molecule has 0 unspecified atom stereocenters. The lowest BCUT2D eigenvalue weighted by Gasteiger charge is -2.04. The number of esters is 1. The van der Waals surface area contributed by atoms with Crippen LogP contribution in [0.25, 0.3) is 0 Å². The minimum atomic E-state index is -0.585. The molecule has 0 aromatic carbocycles. The zero-order valence-corrected chi connectivity index (χ0v) is 10.9. The van der Waals surface area contributed by atoms with Gasteiger partial charge in [-0.3, -0.25) is 15.1 Å². The average molecular weight is 277 g/mol. The molecular formula is C12H11N3O3S. The van der Waals surface area contributed by atoms with Gasteiger partial charge in [-0.25, -0.2) is 9.78 Å². The van der Waals surface area contributed by atoms with E-state index in [1.54, 1.807) is 18.3 Å². The maximum absolute atomic E-state index is 11.6. The van der Waals surface area contributed by atoms with Crippen LogP contribution in [0.5, 0.6) is 0 Å². The second-order valence-corrected chi connectivity index (χ2v) is 4.52. The Balaban J connectivity index is 1.82. The summed E-state index contributed by atoms with van der Waals surface area (Å²) in [4.78, 5) is 30.9. The summed E-state index contributed by atoms with van der Waals surface area (Å²) in [5, 5.41) is 4.85. The van der Waals surface area contributed by atoms with Gasteiger partial charge in [0.15, 0.2) is 11.7 Å². The number of aromatic nitrogens is 2. The number of aryl methyl sites for hydroxylation is 1. The summed E-state index contributed by atoms with van der Waals surface area (Å²) >= 11 is 1.31. The molecule has 98 valence electrons. The molecule has 0 aliphatic heterocycles. The maximum Gasteiger partial charge on any atom is 0.340 e. The molecular weight excluding hydrogens is 266 g/mol. The fraction of sp³-hybridized carbons (Fsp3) is 0.167. The average Bonchev–Trinajstić information content (AvgIpc) is 2.82. The molecule has 0 fully saturated rings. The third-order valence-electron chi connectivity index (χ3n) is 2.10. The number of rotatable bonds is 4. The highest BCUT2D eigenvalue weighted by molar-refractivity contribution is 7.13. The van der Waals surface area contributed by atoms with Crippen LogP contribution in [-0.4, -0.2) is 28.5 Å². The third kappa shape index (κ3) is 3.85. The highest BCUT2D eigenvalue weighted by Gasteiger charge is 2.11. The molecule has 0 aliphatic rings. The van der Waals surface area contributed by atoms with E-state index in [9.17, 15) is 9.59 Å². The minimum absolute atomic E-state index is 0.306. The molecule has 0 radical (unpaired) electrons. The summed E-state index contributed by atoms with van der Waals surface area (Å²) in [5.41, 5.74) is 1.13. The number of thiazole rings is 1. The molecule has 2 aromatic heterocycles. The zero-order valence-electron chi connectivity index (χ0n) is 10.1. The second-order valence-electron chi connectivity index (χ2n) is 3.66. The van der Waals surface area contributed by atoms with E-state index in [0.29, 0.717) is 10.7 Å². The fourth-order valence-electron chi connectivity index (χ4n) is 1.26. The van der Waals surface area contributed by atoms with Crippen LogP contribution in [0.2, 0.25) is 0 Å². The smallest absolute Gasteiger partial charge is 0.340 e. The Morgan fingerprint density at radius 3 is 2.95 bits per heavy atom. The van der Waals surface area contributed by atoms with Gasteiger partial charge in [-0.05, 0) is 19.1 Å². The van der Waals surface area contributed by atoms with E-state index in [-0.39, 0.29) is 6.61 Å². The van der Waals surface area contributed by atoms with Crippen LogP contribution in [-0.2, 0) is 9.53 Å². The van der Waals surface area contributed by atoms with Crippen LogP contribution in [0.4, 0.5) is 5.13 Å². The van der Waals surface area contributed by atoms with Gasteiger partial charge >= 0.3 is 5.97 Å². The van der Waals surface area contributed by atoms with Gasteiger partial charge in [0.1, 0.15) is 0 Å². The number of hydrogen-bond donors (Lipinski definition) is 1. The number of carbonyl (C=O) groups excluding carboxylic acids is 2. The van der Waals surface area contributed by atoms with Crippen molar-refractivity contribution in [1.29, 1.82) is 0 Å². The Hall–Kier alpha value is -2.28. The lowest BCUT2D eigenvalue weighted by molar-refractivity contribution is -0.119. The van der Waals surface area contributed by atoms with Gasteiger partial charge in [-0.1, -0.05) is 0 Å². The number of nitrogens with one attached hydrogen (secondary N) is 1. The molecule has 2 aromatic rings. The molecule has 6 nitrogen and oxygen atoms in total. The van der Waals surface area contributed by atoms with E-state index in [1.807, 2.05) is 12.3 Å². The topological polar surface area (TPSA) is 81.2 Å². The van der Waals surface area contributed by atoms with Crippen LogP contribution in [0.1, 0.15) is 16.1 Å². The van der Waals surface area contributed by atoms with Crippen molar-refractivity contribution in [3.05, 3.63) is 41.2 Å². The Morgan fingerprint density at radius 1 is 1.47 bits per heavy atom. The summed E-state index contributed by atoms with van der Waals surface area (Å²) in [5.74, 6) is -1.01. The van der Waals surface area contributed by atoms with E-state index in [2.05, 4.69) is 15.3 Å². The zero-order chi connectivity index (χ0) is 13.7. The first-order valence-electron chi connectivity index (χ1n) is 5.44. The van der Waals surface area contributed by atoms with E-state index in [4.69, 9.17) is 4.74 Å². The lowest BCUT2D eigenvalue weighted by Crippen LogP contribution is -2.20. The summed E-state index contributed by atoms with van der Waals surface area (Å²) in [6.07, 6.45) is 2.93. The molecule has 0 saturated heterocycles. The number of ether oxygens (including phenoxy) is 1. The summed E-state index contributed by atoms with van der Waals surface area (Å²) < 4.78 is 4.85. The van der Waals surface area contributed by atoms with Gasteiger partial charge in [0.25, 0.3) is 5.91 Å². The Bertz CT molecular complexity index is 583. The molecule has 0 atom stereocenters. The van der Waals surface area contributed by atoms with Crippen LogP contribution in [0.15, 0.2) is 29.9 Å². The number of amides is 1. The molecule has 1 amide bonds. The minimum Gasteiger partial charge on any atom is -0.452 e. The van der Waals surface area contributed by atoms with Gasteiger partial charge in [0.2, 0.25) is 0 Å². The highest BCUT2D eigenvalue weighted by atomic mass is 32.1. The lowest BCUT2D eigenvalue weighted by atomic mass is 10.3. The normalized spacial score (nSPS) is 9.95. The largest absolute Gasteiger partial charge is 0.452 e. The standard InChI is InChI=1S/C12H11N3O3S/c1-8-7-19-12(14-8)15-10(16)6-18-11(17)9-3-2-4-13-5-9/h2-5,7H,6H2,1H3,(H,14,15,16). The quantitative estimate of drug-likeness (QED) is 0.859. The maximum atomic E-state index is 11.6. The van der Waals surface area contributed by atoms with Gasteiger partial charge in [-0.15, -0.1) is 11.3 Å². The van der Waals surface area contributed by atoms with Crippen molar-refractivity contribution in [2.45, 2.75) is 6.92 Å². The number of anilines is 1. The summed E-state index contributed by atoms with van der Waals surface area (Å²) in [6, 6.07) is 3.19. The Kier molecular flexibility index (Phi) is 4.19. The van der Waals surface area contributed by atoms with E-state index >= 15 is 0 Å². The predicted molar refractivity (Wildman–Crippen MR) is 70.0 cm³/mol. The Labute approximate surface area is 113 Å². The van der Waals surface area contributed by atoms with Gasteiger partial charge in [0.05, 0.1) is 11.3 Å². The molecule has 0 spiro atoms. The third-order valence-corrected chi connectivity index (χ3v) is 2.97. The second kappa shape index (κ2) is 6.05. The van der Waals surface area contributed by atoms with Crippen molar-refractivity contribution < 1.29 is 14.3 Å². The molecule has 19 heavy (non-hydrogen) atoms. The molecule has 2 rings (SSSR count). The van der Waals surface area contributed by atoms with Crippen molar-refractivity contribution in [3.63, 3.8) is 0 Å². The van der Waals surface area contributed by atoms with Crippen molar-refractivity contribution >= 4 is 28.3 Å². The molecule has 1 N–H and O–H groups in total. The summed E-state index contributed by atoms with van der Waals surface area (Å²) in [7, 11) is 0. The van der Waals surface area contributed by atoms with Crippen molar-refractivity contribution in [2.24, 2.45) is 0 Å². The molecule has 0 saturated carbocycles. The van der Waals surface area contributed by atoms with E-state index < -0.39 is 11.9 Å². The van der Waals surface area contributed by atoms with Crippen LogP contribution in [0, 0.1) is 6.92 Å². The van der Waals surface area contributed by atoms with Crippen molar-refractivity contribution in [2.75, 3.05) is 11.9 Å². The van der Waals surface area contributed by atoms with Crippen LogP contribution < -0.4 is 5.32 Å². The SMILES string of the molecule is Cc1csc(NC(=O)COC(=O)c2cccnc2)n1. The first kappa shape index (κ1) is 13.2. The number of hydrogen-bond acceptors (Lipinski definition) is 6. The monoisotopic (exact) mass is 277 g/mol. The number of carbonyl (C=O) groups is 2. The first-order chi connectivity index (χ1) is 9.15. The van der Waals surface area contributed by atoms with Crippen LogP contribution in [0.3, 0.4) is 0 Å². The highest BCUT2D eigenvalue weighted by Crippen LogP contribution is 2.14. The van der Waals surface area contributed by atoms with Gasteiger partial charge in [-0.2, -0.15) is 0 Å². The summed E-state index contributed by atoms with van der Waals surface area (Å²) in [6.45, 7) is 1.47. The van der Waals surface area contributed by atoms with Crippen molar-refractivity contribution in [3.8, 4) is 0 Å². The molecule has 7 heteroatoms. The molecule has 2 heterocycles. The molecule has 0 aliphatic carbocycles. The van der Waals surface area contributed by atoms with Crippen molar-refractivity contribution in [1.82, 2.24) is 9.97 Å². The number of pyridine rings is 1. The van der Waals surface area contributed by atoms with Gasteiger partial charge < -0.3 is 4.74 Å². The number of nitrogens with zero attached hydrogens (tertiary/aromatic N) is 2. The van der Waals surface area contributed by atoms with Gasteiger partial charge in [0, 0.05) is 17.8 Å².